The molecule has 0 unspecified atom stereocenters. The molecule has 3 amide bonds. The monoisotopic (exact) mass is 231 g/mol. The van der Waals surface area contributed by atoms with E-state index in [9.17, 15) is 9.59 Å². The molecule has 0 radical (unpaired) electrons. The Morgan fingerprint density at radius 2 is 1.88 bits per heavy atom. The molecule has 0 heterocycles. The van der Waals surface area contributed by atoms with Crippen molar-refractivity contribution in [3.05, 3.63) is 0 Å². The van der Waals surface area contributed by atoms with Gasteiger partial charge in [0, 0.05) is 34.3 Å². The third-order valence-corrected chi connectivity index (χ3v) is 2.14. The third-order valence-electron chi connectivity index (χ3n) is 2.14. The first-order valence-electron chi connectivity index (χ1n) is 5.24. The van der Waals surface area contributed by atoms with Crippen LogP contribution in [0.5, 0.6) is 0 Å². The summed E-state index contributed by atoms with van der Waals surface area (Å²) in [7, 11) is 4.87. The van der Waals surface area contributed by atoms with Crippen LogP contribution in [0.25, 0.3) is 0 Å². The minimum Gasteiger partial charge on any atom is -0.383 e. The Kier molecular flexibility index (Phi) is 7.28. The zero-order chi connectivity index (χ0) is 12.6. The molecule has 0 saturated carbocycles. The van der Waals surface area contributed by atoms with Crippen molar-refractivity contribution >= 4 is 11.9 Å². The van der Waals surface area contributed by atoms with Crippen molar-refractivity contribution in [1.82, 2.24) is 15.1 Å². The molecule has 0 aromatic rings. The van der Waals surface area contributed by atoms with Gasteiger partial charge in [0.05, 0.1) is 6.61 Å². The number of urea groups is 1. The van der Waals surface area contributed by atoms with Crippen LogP contribution < -0.4 is 5.32 Å². The van der Waals surface area contributed by atoms with Crippen molar-refractivity contribution in [1.29, 1.82) is 0 Å². The fourth-order valence-corrected chi connectivity index (χ4v) is 1.06. The SMILES string of the molecule is CCN(C)C(=O)N(C)CC(=O)NCCOC. The minimum atomic E-state index is -0.183. The maximum absolute atomic E-state index is 11.6. The number of nitrogens with zero attached hydrogens (tertiary/aromatic N) is 2. The van der Waals surface area contributed by atoms with Gasteiger partial charge in [0.1, 0.15) is 6.54 Å². The van der Waals surface area contributed by atoms with Gasteiger partial charge in [-0.3, -0.25) is 4.79 Å². The van der Waals surface area contributed by atoms with E-state index in [-0.39, 0.29) is 18.5 Å². The lowest BCUT2D eigenvalue weighted by molar-refractivity contribution is -0.121. The predicted molar refractivity (Wildman–Crippen MR) is 61.2 cm³/mol. The van der Waals surface area contributed by atoms with Gasteiger partial charge >= 0.3 is 6.03 Å². The van der Waals surface area contributed by atoms with E-state index in [0.29, 0.717) is 19.7 Å². The van der Waals surface area contributed by atoms with E-state index < -0.39 is 0 Å². The minimum absolute atomic E-state index is 0.0624. The third kappa shape index (κ3) is 5.55. The number of rotatable bonds is 6. The van der Waals surface area contributed by atoms with Crippen molar-refractivity contribution in [3.63, 3.8) is 0 Å². The highest BCUT2D eigenvalue weighted by molar-refractivity contribution is 5.83. The number of carbonyl (C=O) groups excluding carboxylic acids is 2. The standard InChI is InChI=1S/C10H21N3O3/c1-5-12(2)10(15)13(3)8-9(14)11-6-7-16-4/h5-8H2,1-4H3,(H,11,14). The lowest BCUT2D eigenvalue weighted by Gasteiger charge is -2.23. The Morgan fingerprint density at radius 1 is 1.25 bits per heavy atom. The molecule has 0 aromatic carbocycles. The van der Waals surface area contributed by atoms with Crippen molar-refractivity contribution < 1.29 is 14.3 Å². The molecular formula is C10H21N3O3. The molecule has 0 saturated heterocycles. The summed E-state index contributed by atoms with van der Waals surface area (Å²) >= 11 is 0. The molecule has 0 bridgehead atoms. The summed E-state index contributed by atoms with van der Waals surface area (Å²) in [5.41, 5.74) is 0. The van der Waals surface area contributed by atoms with Crippen LogP contribution in [-0.4, -0.2) is 69.2 Å². The Labute approximate surface area is 96.5 Å². The number of carbonyl (C=O) groups is 2. The Bertz CT molecular complexity index is 233. The van der Waals surface area contributed by atoms with Crippen LogP contribution in [0.1, 0.15) is 6.92 Å². The van der Waals surface area contributed by atoms with Gasteiger partial charge < -0.3 is 19.9 Å². The van der Waals surface area contributed by atoms with Gasteiger partial charge in [-0.1, -0.05) is 0 Å². The average Bonchev–Trinajstić information content (AvgIpc) is 2.27. The molecule has 0 atom stereocenters. The van der Waals surface area contributed by atoms with Crippen LogP contribution in [0.15, 0.2) is 0 Å². The van der Waals surface area contributed by atoms with Gasteiger partial charge in [0.15, 0.2) is 0 Å². The van der Waals surface area contributed by atoms with Crippen LogP contribution in [0.2, 0.25) is 0 Å². The smallest absolute Gasteiger partial charge is 0.319 e. The second kappa shape index (κ2) is 7.92. The van der Waals surface area contributed by atoms with E-state index in [2.05, 4.69) is 5.32 Å². The Hall–Kier alpha value is -1.30. The molecule has 6 heteroatoms. The maximum Gasteiger partial charge on any atom is 0.319 e. The fourth-order valence-electron chi connectivity index (χ4n) is 1.06. The summed E-state index contributed by atoms with van der Waals surface area (Å²) in [5.74, 6) is -0.183. The highest BCUT2D eigenvalue weighted by Gasteiger charge is 2.15. The molecule has 0 aliphatic heterocycles. The van der Waals surface area contributed by atoms with Gasteiger partial charge in [-0.2, -0.15) is 0 Å². The van der Waals surface area contributed by atoms with E-state index in [1.165, 1.54) is 4.90 Å². The predicted octanol–water partition coefficient (Wildman–Crippen LogP) is -0.247. The fraction of sp³-hybridized carbons (Fsp3) is 0.800. The van der Waals surface area contributed by atoms with Crippen LogP contribution in [-0.2, 0) is 9.53 Å². The van der Waals surface area contributed by atoms with Crippen molar-refractivity contribution in [2.45, 2.75) is 6.92 Å². The van der Waals surface area contributed by atoms with Crippen LogP contribution in [0.3, 0.4) is 0 Å². The average molecular weight is 231 g/mol. The molecule has 0 rings (SSSR count). The summed E-state index contributed by atoms with van der Waals surface area (Å²) in [6.07, 6.45) is 0. The molecule has 0 aromatic heterocycles. The largest absolute Gasteiger partial charge is 0.383 e. The molecule has 0 spiro atoms. The second-order valence-electron chi connectivity index (χ2n) is 3.50. The Morgan fingerprint density at radius 3 is 2.38 bits per heavy atom. The van der Waals surface area contributed by atoms with Gasteiger partial charge in [0.2, 0.25) is 5.91 Å². The molecule has 16 heavy (non-hydrogen) atoms. The van der Waals surface area contributed by atoms with Crippen molar-refractivity contribution in [3.8, 4) is 0 Å². The molecule has 0 aliphatic carbocycles. The number of hydrogen-bond acceptors (Lipinski definition) is 3. The number of methoxy groups -OCH3 is 1. The molecule has 0 aliphatic rings. The quantitative estimate of drug-likeness (QED) is 0.641. The molecular weight excluding hydrogens is 210 g/mol. The summed E-state index contributed by atoms with van der Waals surface area (Å²) in [5, 5.41) is 2.65. The first-order valence-corrected chi connectivity index (χ1v) is 5.24. The zero-order valence-corrected chi connectivity index (χ0v) is 10.4. The highest BCUT2D eigenvalue weighted by Crippen LogP contribution is 1.92. The van der Waals surface area contributed by atoms with Crippen LogP contribution >= 0.6 is 0 Å². The van der Waals surface area contributed by atoms with E-state index in [4.69, 9.17) is 4.74 Å². The molecule has 0 fully saturated rings. The van der Waals surface area contributed by atoms with E-state index in [1.54, 1.807) is 26.1 Å². The number of ether oxygens (including phenoxy) is 1. The first kappa shape index (κ1) is 14.7. The number of likely N-dealkylation sites (N-methyl/N-ethyl adjacent to an activating group) is 1. The van der Waals surface area contributed by atoms with Crippen LogP contribution in [0, 0.1) is 0 Å². The van der Waals surface area contributed by atoms with Gasteiger partial charge in [-0.05, 0) is 6.92 Å². The van der Waals surface area contributed by atoms with E-state index >= 15 is 0 Å². The molecule has 94 valence electrons. The highest BCUT2D eigenvalue weighted by atomic mass is 16.5. The topological polar surface area (TPSA) is 61.9 Å². The number of nitrogens with one attached hydrogen (secondary N) is 1. The normalized spacial score (nSPS) is 9.75. The van der Waals surface area contributed by atoms with Gasteiger partial charge in [-0.25, -0.2) is 4.79 Å². The van der Waals surface area contributed by atoms with Crippen LogP contribution in [0.4, 0.5) is 4.79 Å². The number of hydrogen-bond donors (Lipinski definition) is 1. The summed E-state index contributed by atoms with van der Waals surface area (Å²) in [6.45, 7) is 3.49. The van der Waals surface area contributed by atoms with E-state index in [1.807, 2.05) is 6.92 Å². The summed E-state index contributed by atoms with van der Waals surface area (Å²) in [4.78, 5) is 25.9. The second-order valence-corrected chi connectivity index (χ2v) is 3.50. The lowest BCUT2D eigenvalue weighted by atomic mass is 10.5. The van der Waals surface area contributed by atoms with Crippen molar-refractivity contribution in [2.75, 3.05) is 47.4 Å². The molecule has 1 N–H and O–H groups in total. The Balaban J connectivity index is 3.89. The first-order chi connectivity index (χ1) is 7.52. The summed E-state index contributed by atoms with van der Waals surface area (Å²) < 4.78 is 4.80. The maximum atomic E-state index is 11.6. The number of amides is 3. The van der Waals surface area contributed by atoms with E-state index in [0.717, 1.165) is 0 Å². The lowest BCUT2D eigenvalue weighted by Crippen LogP contribution is -2.44. The molecule has 6 nitrogen and oxygen atoms in total. The van der Waals surface area contributed by atoms with Crippen molar-refractivity contribution in [2.24, 2.45) is 0 Å². The summed E-state index contributed by atoms with van der Waals surface area (Å²) in [6, 6.07) is -0.163. The van der Waals surface area contributed by atoms with Gasteiger partial charge in [0.25, 0.3) is 0 Å². The zero-order valence-electron chi connectivity index (χ0n) is 10.4. The van der Waals surface area contributed by atoms with Gasteiger partial charge in [-0.15, -0.1) is 0 Å².